The predicted molar refractivity (Wildman–Crippen MR) is 87.0 cm³/mol. The quantitative estimate of drug-likeness (QED) is 0.550. The van der Waals surface area contributed by atoms with E-state index in [1.54, 1.807) is 12.1 Å². The van der Waals surface area contributed by atoms with Gasteiger partial charge in [-0.25, -0.2) is 4.39 Å². The molecular formula is C14H11Br2FN2O2. The smallest absolute Gasteiger partial charge is 0.270 e. The average molecular weight is 418 g/mol. The second-order valence-corrected chi connectivity index (χ2v) is 6.18. The van der Waals surface area contributed by atoms with Crippen LogP contribution in [0.5, 0.6) is 0 Å². The summed E-state index contributed by atoms with van der Waals surface area (Å²) in [5, 5.41) is 13.9. The highest BCUT2D eigenvalue weighted by atomic mass is 79.9. The van der Waals surface area contributed by atoms with E-state index in [0.717, 1.165) is 16.8 Å². The van der Waals surface area contributed by atoms with Gasteiger partial charge in [0.2, 0.25) is 0 Å². The number of non-ortho nitro benzene ring substituents is 1. The third kappa shape index (κ3) is 3.79. The minimum absolute atomic E-state index is 0.0336. The largest absolute Gasteiger partial charge is 0.381 e. The fraction of sp³-hybridized carbons (Fsp3) is 0.143. The Morgan fingerprint density at radius 2 is 1.95 bits per heavy atom. The molecular weight excluding hydrogens is 407 g/mol. The molecule has 4 nitrogen and oxygen atoms in total. The molecule has 0 aliphatic heterocycles. The highest BCUT2D eigenvalue weighted by Crippen LogP contribution is 2.27. The van der Waals surface area contributed by atoms with Gasteiger partial charge in [-0.15, -0.1) is 0 Å². The number of hydrogen-bond donors (Lipinski definition) is 1. The van der Waals surface area contributed by atoms with Crippen LogP contribution in [0.25, 0.3) is 0 Å². The summed E-state index contributed by atoms with van der Waals surface area (Å²) in [7, 11) is 0. The van der Waals surface area contributed by atoms with Gasteiger partial charge in [-0.2, -0.15) is 0 Å². The van der Waals surface area contributed by atoms with Crippen LogP contribution < -0.4 is 5.32 Å². The van der Waals surface area contributed by atoms with Gasteiger partial charge in [0.25, 0.3) is 5.69 Å². The van der Waals surface area contributed by atoms with Crippen molar-refractivity contribution in [2.75, 3.05) is 5.32 Å². The van der Waals surface area contributed by atoms with Crippen molar-refractivity contribution >= 4 is 43.2 Å². The number of hydrogen-bond acceptors (Lipinski definition) is 3. The Bertz CT molecular complexity index is 708. The van der Waals surface area contributed by atoms with E-state index in [-0.39, 0.29) is 11.5 Å². The number of rotatable bonds is 4. The number of benzene rings is 2. The van der Waals surface area contributed by atoms with Crippen LogP contribution in [-0.2, 0) is 6.54 Å². The van der Waals surface area contributed by atoms with Gasteiger partial charge in [0.05, 0.1) is 9.40 Å². The molecule has 0 aliphatic rings. The van der Waals surface area contributed by atoms with E-state index in [0.29, 0.717) is 15.5 Å². The minimum atomic E-state index is -0.441. The molecule has 0 amide bonds. The molecule has 0 fully saturated rings. The van der Waals surface area contributed by atoms with Crippen LogP contribution in [0.3, 0.4) is 0 Å². The summed E-state index contributed by atoms with van der Waals surface area (Å²) < 4.78 is 14.4. The van der Waals surface area contributed by atoms with Gasteiger partial charge < -0.3 is 5.32 Å². The van der Waals surface area contributed by atoms with E-state index in [1.165, 1.54) is 18.2 Å². The van der Waals surface area contributed by atoms with E-state index < -0.39 is 4.92 Å². The van der Waals surface area contributed by atoms with Gasteiger partial charge in [-0.1, -0.05) is 15.9 Å². The zero-order valence-electron chi connectivity index (χ0n) is 11.0. The Kier molecular flexibility index (Phi) is 4.95. The molecule has 0 heterocycles. The second kappa shape index (κ2) is 6.53. The zero-order valence-corrected chi connectivity index (χ0v) is 14.2. The fourth-order valence-electron chi connectivity index (χ4n) is 1.82. The Morgan fingerprint density at radius 3 is 2.57 bits per heavy atom. The van der Waals surface area contributed by atoms with E-state index in [1.807, 2.05) is 6.92 Å². The molecule has 0 aliphatic carbocycles. The maximum absolute atomic E-state index is 13.4. The number of nitrogens with one attached hydrogen (secondary N) is 1. The summed E-state index contributed by atoms with van der Waals surface area (Å²) >= 11 is 6.47. The summed E-state index contributed by atoms with van der Waals surface area (Å²) in [6.45, 7) is 2.28. The number of nitro benzene ring substituents is 1. The predicted octanol–water partition coefficient (Wildman–Crippen LogP) is 5.18. The van der Waals surface area contributed by atoms with Gasteiger partial charge in [0.1, 0.15) is 5.82 Å². The van der Waals surface area contributed by atoms with Crippen LogP contribution in [-0.4, -0.2) is 4.92 Å². The van der Waals surface area contributed by atoms with Crippen LogP contribution in [0.15, 0.2) is 39.3 Å². The maximum Gasteiger partial charge on any atom is 0.270 e. The van der Waals surface area contributed by atoms with Crippen molar-refractivity contribution in [2.45, 2.75) is 13.5 Å². The number of nitro groups is 1. The van der Waals surface area contributed by atoms with Gasteiger partial charge >= 0.3 is 0 Å². The number of anilines is 1. The molecule has 7 heteroatoms. The van der Waals surface area contributed by atoms with Crippen molar-refractivity contribution in [3.8, 4) is 0 Å². The molecule has 0 unspecified atom stereocenters. The molecule has 2 aromatic carbocycles. The first-order valence-corrected chi connectivity index (χ1v) is 7.59. The molecule has 0 saturated carbocycles. The molecule has 2 rings (SSSR count). The van der Waals surface area contributed by atoms with Gasteiger partial charge in [-0.05, 0) is 52.2 Å². The first-order valence-electron chi connectivity index (χ1n) is 6.01. The van der Waals surface area contributed by atoms with E-state index in [9.17, 15) is 14.5 Å². The lowest BCUT2D eigenvalue weighted by molar-refractivity contribution is -0.384. The van der Waals surface area contributed by atoms with Crippen molar-refractivity contribution < 1.29 is 9.31 Å². The Morgan fingerprint density at radius 1 is 1.24 bits per heavy atom. The molecule has 0 atom stereocenters. The zero-order chi connectivity index (χ0) is 15.6. The first kappa shape index (κ1) is 15.9. The van der Waals surface area contributed by atoms with E-state index in [4.69, 9.17) is 0 Å². The van der Waals surface area contributed by atoms with Crippen LogP contribution in [0.2, 0.25) is 0 Å². The Labute approximate surface area is 137 Å². The molecule has 2 aromatic rings. The lowest BCUT2D eigenvalue weighted by Crippen LogP contribution is -2.03. The molecule has 110 valence electrons. The third-order valence-corrected chi connectivity index (χ3v) is 4.33. The fourth-order valence-corrected chi connectivity index (χ4v) is 2.67. The van der Waals surface area contributed by atoms with Gasteiger partial charge in [0.15, 0.2) is 0 Å². The molecule has 0 aromatic heterocycles. The monoisotopic (exact) mass is 416 g/mol. The lowest BCUT2D eigenvalue weighted by Gasteiger charge is -2.11. The van der Waals surface area contributed by atoms with Gasteiger partial charge in [0, 0.05) is 28.8 Å². The molecule has 21 heavy (non-hydrogen) atoms. The van der Waals surface area contributed by atoms with Crippen molar-refractivity contribution in [1.82, 2.24) is 0 Å². The summed E-state index contributed by atoms with van der Waals surface area (Å²) in [6, 6.07) is 7.71. The second-order valence-electron chi connectivity index (χ2n) is 4.47. The standard InChI is InChI=1S/C14H11Br2FN2O2/c1-8-4-13(17)12(16)6-14(8)18-7-9-2-3-10(19(20)21)5-11(9)15/h2-6,18H,7H2,1H3. The summed E-state index contributed by atoms with van der Waals surface area (Å²) in [5.74, 6) is -0.311. The molecule has 1 N–H and O–H groups in total. The molecule has 0 bridgehead atoms. The van der Waals surface area contributed by atoms with Crippen molar-refractivity contribution in [2.24, 2.45) is 0 Å². The summed E-state index contributed by atoms with van der Waals surface area (Å²) in [6.07, 6.45) is 0. The summed E-state index contributed by atoms with van der Waals surface area (Å²) in [4.78, 5) is 10.2. The SMILES string of the molecule is Cc1cc(F)c(Br)cc1NCc1ccc([N+](=O)[O-])cc1Br. The third-order valence-electron chi connectivity index (χ3n) is 2.98. The molecule has 0 radical (unpaired) electrons. The summed E-state index contributed by atoms with van der Waals surface area (Å²) in [5.41, 5.74) is 2.49. The Hall–Kier alpha value is -1.47. The highest BCUT2D eigenvalue weighted by molar-refractivity contribution is 9.10. The van der Waals surface area contributed by atoms with Gasteiger partial charge in [-0.3, -0.25) is 10.1 Å². The minimum Gasteiger partial charge on any atom is -0.381 e. The Balaban J connectivity index is 2.17. The number of halogens is 3. The van der Waals surface area contributed by atoms with Crippen molar-refractivity contribution in [1.29, 1.82) is 0 Å². The van der Waals surface area contributed by atoms with Crippen LogP contribution in [0.1, 0.15) is 11.1 Å². The van der Waals surface area contributed by atoms with Crippen molar-refractivity contribution in [3.05, 3.63) is 66.3 Å². The average Bonchev–Trinajstić information content (AvgIpc) is 2.42. The maximum atomic E-state index is 13.4. The molecule has 0 saturated heterocycles. The highest BCUT2D eigenvalue weighted by Gasteiger charge is 2.10. The first-order chi connectivity index (χ1) is 9.88. The van der Waals surface area contributed by atoms with Crippen molar-refractivity contribution in [3.63, 3.8) is 0 Å². The topological polar surface area (TPSA) is 55.2 Å². The van der Waals surface area contributed by atoms with Crippen LogP contribution in [0, 0.1) is 22.9 Å². The normalized spacial score (nSPS) is 10.5. The van der Waals surface area contributed by atoms with Crippen LogP contribution in [0.4, 0.5) is 15.8 Å². The van der Waals surface area contributed by atoms with Crippen LogP contribution >= 0.6 is 31.9 Å². The molecule has 0 spiro atoms. The number of aryl methyl sites for hydroxylation is 1. The van der Waals surface area contributed by atoms with E-state index in [2.05, 4.69) is 37.2 Å². The number of nitrogens with zero attached hydrogens (tertiary/aromatic N) is 1. The van der Waals surface area contributed by atoms with E-state index >= 15 is 0 Å². The lowest BCUT2D eigenvalue weighted by atomic mass is 10.1.